The average Bonchev–Trinajstić information content (AvgIpc) is 2.17. The quantitative estimate of drug-likeness (QED) is 0.666. The van der Waals surface area contributed by atoms with Crippen molar-refractivity contribution in [3.05, 3.63) is 42.6 Å². The smallest absolute Gasteiger partial charge is 0.262 e. The standard InChI is InChI=1S/C9H7N.CCl2O.ClH/c1-2-6-9-8(4-1)5-3-7-10-9;2-1(3)4;/h1-7H;;1H. The molecule has 0 aliphatic rings. The Kier molecular flexibility index (Phi) is 7.05. The number of hydrogen-bond acceptors (Lipinski definition) is 2. The van der Waals surface area contributed by atoms with Crippen LogP contribution in [-0.2, 0) is 0 Å². The lowest BCUT2D eigenvalue weighted by Crippen LogP contribution is -1.73. The van der Waals surface area contributed by atoms with Gasteiger partial charge in [-0.05, 0) is 35.3 Å². The molecule has 0 aliphatic heterocycles. The molecule has 2 nitrogen and oxygen atoms in total. The van der Waals surface area contributed by atoms with Crippen LogP contribution >= 0.6 is 35.6 Å². The minimum Gasteiger partial charge on any atom is -0.262 e. The Morgan fingerprint density at radius 2 is 1.60 bits per heavy atom. The van der Waals surface area contributed by atoms with Crippen LogP contribution in [0.2, 0.25) is 0 Å². The molecule has 0 unspecified atom stereocenters. The molecule has 0 aliphatic carbocycles. The zero-order valence-electron chi connectivity index (χ0n) is 7.56. The fraction of sp³-hybridized carbons (Fsp3) is 0. The Labute approximate surface area is 104 Å². The van der Waals surface area contributed by atoms with Crippen molar-refractivity contribution in [1.82, 2.24) is 4.98 Å². The van der Waals surface area contributed by atoms with Gasteiger partial charge < -0.3 is 0 Å². The highest BCUT2D eigenvalue weighted by Crippen LogP contribution is 2.07. The summed E-state index contributed by atoms with van der Waals surface area (Å²) in [5, 5.41) is 1.20. The van der Waals surface area contributed by atoms with Crippen LogP contribution in [0.1, 0.15) is 0 Å². The molecule has 15 heavy (non-hydrogen) atoms. The molecule has 0 atom stereocenters. The lowest BCUT2D eigenvalue weighted by atomic mass is 10.2. The van der Waals surface area contributed by atoms with E-state index in [0.29, 0.717) is 0 Å². The first-order chi connectivity index (χ1) is 6.70. The van der Waals surface area contributed by atoms with E-state index in [1.54, 1.807) is 0 Å². The minimum atomic E-state index is -0.889. The molecule has 2 rings (SSSR count). The number of hydrogen-bond donors (Lipinski definition) is 0. The van der Waals surface area contributed by atoms with E-state index in [2.05, 4.69) is 40.3 Å². The van der Waals surface area contributed by atoms with Crippen LogP contribution in [0, 0.1) is 0 Å². The van der Waals surface area contributed by atoms with Gasteiger partial charge in [0.1, 0.15) is 0 Å². The van der Waals surface area contributed by atoms with Crippen LogP contribution in [0.5, 0.6) is 0 Å². The predicted molar refractivity (Wildman–Crippen MR) is 66.1 cm³/mol. The van der Waals surface area contributed by atoms with E-state index in [4.69, 9.17) is 4.79 Å². The van der Waals surface area contributed by atoms with Gasteiger partial charge in [0.25, 0.3) is 0 Å². The number of halogens is 3. The lowest BCUT2D eigenvalue weighted by Gasteiger charge is -1.91. The Morgan fingerprint density at radius 1 is 1.07 bits per heavy atom. The van der Waals surface area contributed by atoms with Crippen molar-refractivity contribution in [2.75, 3.05) is 0 Å². The second-order valence-electron chi connectivity index (χ2n) is 2.42. The fourth-order valence-corrected chi connectivity index (χ4v) is 1.02. The number of fused-ring (bicyclic) bond motifs is 1. The van der Waals surface area contributed by atoms with Crippen molar-refractivity contribution >= 4 is 51.2 Å². The van der Waals surface area contributed by atoms with Crippen molar-refractivity contribution in [2.24, 2.45) is 0 Å². The summed E-state index contributed by atoms with van der Waals surface area (Å²) < 4.78 is -0.889. The van der Waals surface area contributed by atoms with Gasteiger partial charge in [-0.3, -0.25) is 9.78 Å². The van der Waals surface area contributed by atoms with E-state index >= 15 is 0 Å². The van der Waals surface area contributed by atoms with Gasteiger partial charge in [-0.15, -0.1) is 12.4 Å². The second kappa shape index (κ2) is 7.46. The van der Waals surface area contributed by atoms with Crippen LogP contribution in [0.4, 0.5) is 4.79 Å². The van der Waals surface area contributed by atoms with Crippen molar-refractivity contribution in [1.29, 1.82) is 0 Å². The molecule has 0 saturated carbocycles. The summed E-state index contributed by atoms with van der Waals surface area (Å²) in [6.45, 7) is 0. The molecule has 1 aromatic heterocycles. The maximum atomic E-state index is 8.98. The minimum absolute atomic E-state index is 0. The maximum absolute atomic E-state index is 8.98. The first-order valence-corrected chi connectivity index (χ1v) is 4.60. The number of rotatable bonds is 0. The molecule has 0 bridgehead atoms. The van der Waals surface area contributed by atoms with Gasteiger partial charge >= 0.3 is 4.70 Å². The number of benzene rings is 1. The molecule has 0 saturated heterocycles. The van der Waals surface area contributed by atoms with Gasteiger partial charge in [-0.2, -0.15) is 0 Å². The highest BCUT2D eigenvalue weighted by molar-refractivity contribution is 6.93. The van der Waals surface area contributed by atoms with E-state index in [0.717, 1.165) is 5.52 Å². The number of carbonyl (C=O) groups is 1. The van der Waals surface area contributed by atoms with Gasteiger partial charge in [0.15, 0.2) is 0 Å². The van der Waals surface area contributed by atoms with Crippen LogP contribution in [0.25, 0.3) is 10.9 Å². The van der Waals surface area contributed by atoms with Gasteiger partial charge in [-0.1, -0.05) is 24.3 Å². The summed E-state index contributed by atoms with van der Waals surface area (Å²) in [4.78, 5) is 13.2. The van der Waals surface area contributed by atoms with Crippen LogP contribution < -0.4 is 0 Å². The van der Waals surface area contributed by atoms with Gasteiger partial charge in [0.2, 0.25) is 0 Å². The Morgan fingerprint density at radius 3 is 2.20 bits per heavy atom. The maximum Gasteiger partial charge on any atom is 0.313 e. The highest BCUT2D eigenvalue weighted by Gasteiger charge is 1.86. The molecule has 0 N–H and O–H groups in total. The predicted octanol–water partition coefficient (Wildman–Crippen LogP) is 4.24. The number of nitrogens with zero attached hydrogens (tertiary/aromatic N) is 1. The third kappa shape index (κ3) is 5.57. The molecular weight excluding hydrogens is 256 g/mol. The molecule has 0 radical (unpaired) electrons. The summed E-state index contributed by atoms with van der Waals surface area (Å²) in [6, 6.07) is 12.1. The van der Waals surface area contributed by atoms with Crippen molar-refractivity contribution in [3.8, 4) is 0 Å². The summed E-state index contributed by atoms with van der Waals surface area (Å²) in [7, 11) is 0. The van der Waals surface area contributed by atoms with Crippen molar-refractivity contribution in [3.63, 3.8) is 0 Å². The molecular formula is C10H8Cl3NO. The van der Waals surface area contributed by atoms with Crippen LogP contribution in [0.15, 0.2) is 42.6 Å². The average molecular weight is 265 g/mol. The third-order valence-corrected chi connectivity index (χ3v) is 1.51. The Balaban J connectivity index is 0.000000346. The second-order valence-corrected chi connectivity index (χ2v) is 3.30. The zero-order chi connectivity index (χ0) is 10.4. The molecule has 5 heteroatoms. The molecule has 0 amide bonds. The van der Waals surface area contributed by atoms with Gasteiger partial charge in [0, 0.05) is 11.6 Å². The van der Waals surface area contributed by atoms with Crippen molar-refractivity contribution < 1.29 is 4.79 Å². The van der Waals surface area contributed by atoms with E-state index in [1.807, 2.05) is 30.5 Å². The SMILES string of the molecule is Cl.O=C(Cl)Cl.c1ccc2ncccc2c1. The van der Waals surface area contributed by atoms with E-state index < -0.39 is 4.70 Å². The first kappa shape index (κ1) is 14.2. The largest absolute Gasteiger partial charge is 0.313 e. The summed E-state index contributed by atoms with van der Waals surface area (Å²) in [5.74, 6) is 0. The van der Waals surface area contributed by atoms with Gasteiger partial charge in [-0.25, -0.2) is 0 Å². The van der Waals surface area contributed by atoms with Crippen molar-refractivity contribution in [2.45, 2.75) is 0 Å². The molecule has 1 aromatic carbocycles. The molecule has 2 aromatic rings. The summed E-state index contributed by atoms with van der Waals surface area (Å²) in [5.41, 5.74) is 1.06. The van der Waals surface area contributed by atoms with E-state index in [1.165, 1.54) is 5.39 Å². The van der Waals surface area contributed by atoms with Crippen LogP contribution in [0.3, 0.4) is 0 Å². The Hall–Kier alpha value is -0.830. The topological polar surface area (TPSA) is 30.0 Å². The normalized spacial score (nSPS) is 8.40. The number of para-hydroxylation sites is 1. The van der Waals surface area contributed by atoms with Crippen LogP contribution in [-0.4, -0.2) is 9.69 Å². The monoisotopic (exact) mass is 263 g/mol. The molecule has 0 spiro atoms. The number of pyridine rings is 1. The molecule has 0 fully saturated rings. The first-order valence-electron chi connectivity index (χ1n) is 3.85. The molecule has 1 heterocycles. The summed E-state index contributed by atoms with van der Waals surface area (Å²) >= 11 is 8.80. The number of carbonyl (C=O) groups excluding carboxylic acids is 1. The highest BCUT2D eigenvalue weighted by atomic mass is 35.5. The van der Waals surface area contributed by atoms with E-state index in [9.17, 15) is 0 Å². The lowest BCUT2D eigenvalue weighted by molar-refractivity contribution is 0.275. The van der Waals surface area contributed by atoms with E-state index in [-0.39, 0.29) is 12.4 Å². The van der Waals surface area contributed by atoms with Gasteiger partial charge in [0.05, 0.1) is 5.52 Å². The summed E-state index contributed by atoms with van der Waals surface area (Å²) in [6.07, 6.45) is 1.81. The zero-order valence-corrected chi connectivity index (χ0v) is 9.89. The Bertz CT molecular complexity index is 364. The number of aromatic nitrogens is 1. The fourth-order valence-electron chi connectivity index (χ4n) is 1.02. The third-order valence-electron chi connectivity index (χ3n) is 1.51. The molecule has 80 valence electrons.